The summed E-state index contributed by atoms with van der Waals surface area (Å²) in [5, 5.41) is 17.9. The van der Waals surface area contributed by atoms with E-state index in [4.69, 9.17) is 16.3 Å². The SMILES string of the molecule is CCCC1CCCc2cc(C(N)=C(C#N)C#N)cc(C)c21. The maximum atomic E-state index is 8.97. The van der Waals surface area contributed by atoms with Crippen molar-refractivity contribution < 1.29 is 0 Å². The Labute approximate surface area is 126 Å². The molecule has 3 heteroatoms. The van der Waals surface area contributed by atoms with Crippen molar-refractivity contribution in [1.29, 1.82) is 10.5 Å². The van der Waals surface area contributed by atoms with Crippen LogP contribution in [-0.2, 0) is 6.42 Å². The Kier molecular flexibility index (Phi) is 4.66. The summed E-state index contributed by atoms with van der Waals surface area (Å²) < 4.78 is 0. The minimum absolute atomic E-state index is 0.00438. The summed E-state index contributed by atoms with van der Waals surface area (Å²) in [4.78, 5) is 0. The lowest BCUT2D eigenvalue weighted by atomic mass is 9.77. The standard InChI is InChI=1S/C18H21N3/c1-3-5-13-6-4-7-14-9-15(8-12(2)17(13)14)18(21)16(10-19)11-20/h8-9,13H,3-7,21H2,1-2H3. The van der Waals surface area contributed by atoms with Crippen molar-refractivity contribution >= 4 is 5.70 Å². The Morgan fingerprint density at radius 2 is 2.05 bits per heavy atom. The molecule has 0 spiro atoms. The molecule has 0 amide bonds. The van der Waals surface area contributed by atoms with Gasteiger partial charge in [-0.2, -0.15) is 10.5 Å². The molecule has 1 aromatic carbocycles. The number of rotatable bonds is 3. The van der Waals surface area contributed by atoms with E-state index < -0.39 is 0 Å². The van der Waals surface area contributed by atoms with Gasteiger partial charge in [-0.05, 0) is 67.3 Å². The predicted octanol–water partition coefficient (Wildman–Crippen LogP) is 3.93. The second-order valence-electron chi connectivity index (χ2n) is 5.76. The highest BCUT2D eigenvalue weighted by molar-refractivity contribution is 5.74. The second-order valence-corrected chi connectivity index (χ2v) is 5.76. The molecule has 108 valence electrons. The van der Waals surface area contributed by atoms with Crippen LogP contribution in [0, 0.1) is 29.6 Å². The van der Waals surface area contributed by atoms with Crippen molar-refractivity contribution in [2.45, 2.75) is 51.9 Å². The zero-order chi connectivity index (χ0) is 15.4. The molecule has 21 heavy (non-hydrogen) atoms. The minimum Gasteiger partial charge on any atom is -0.397 e. The molecule has 2 N–H and O–H groups in total. The second kappa shape index (κ2) is 6.46. The molecule has 0 heterocycles. The van der Waals surface area contributed by atoms with Crippen LogP contribution >= 0.6 is 0 Å². The number of hydrogen-bond donors (Lipinski definition) is 1. The summed E-state index contributed by atoms with van der Waals surface area (Å²) in [6.45, 7) is 4.34. The van der Waals surface area contributed by atoms with Crippen LogP contribution in [0.4, 0.5) is 0 Å². The predicted molar refractivity (Wildman–Crippen MR) is 84.1 cm³/mol. The number of nitriles is 2. The van der Waals surface area contributed by atoms with Crippen molar-refractivity contribution in [2.75, 3.05) is 0 Å². The summed E-state index contributed by atoms with van der Waals surface area (Å²) >= 11 is 0. The van der Waals surface area contributed by atoms with E-state index in [1.165, 1.54) is 42.4 Å². The monoisotopic (exact) mass is 279 g/mol. The van der Waals surface area contributed by atoms with Gasteiger partial charge in [-0.1, -0.05) is 13.3 Å². The van der Waals surface area contributed by atoms with Crippen molar-refractivity contribution in [3.63, 3.8) is 0 Å². The highest BCUT2D eigenvalue weighted by Crippen LogP contribution is 2.38. The molecule has 0 aliphatic heterocycles. The highest BCUT2D eigenvalue weighted by Gasteiger charge is 2.22. The van der Waals surface area contributed by atoms with E-state index in [0.717, 1.165) is 12.0 Å². The smallest absolute Gasteiger partial charge is 0.153 e. The Balaban J connectivity index is 2.52. The molecule has 1 atom stereocenters. The lowest BCUT2D eigenvalue weighted by molar-refractivity contribution is 0.512. The topological polar surface area (TPSA) is 73.6 Å². The van der Waals surface area contributed by atoms with E-state index in [0.29, 0.717) is 11.6 Å². The number of aryl methyl sites for hydroxylation is 2. The van der Waals surface area contributed by atoms with Crippen LogP contribution in [0.1, 0.15) is 60.8 Å². The molecular formula is C18H21N3. The third-order valence-electron chi connectivity index (χ3n) is 4.32. The first kappa shape index (κ1) is 15.1. The third kappa shape index (κ3) is 2.93. The fourth-order valence-electron chi connectivity index (χ4n) is 3.43. The molecule has 1 aliphatic rings. The average Bonchev–Trinajstić information content (AvgIpc) is 2.48. The van der Waals surface area contributed by atoms with E-state index in [-0.39, 0.29) is 5.57 Å². The lowest BCUT2D eigenvalue weighted by Crippen LogP contribution is -2.13. The lowest BCUT2D eigenvalue weighted by Gasteiger charge is -2.28. The molecule has 0 bridgehead atoms. The molecule has 3 nitrogen and oxygen atoms in total. The zero-order valence-electron chi connectivity index (χ0n) is 12.7. The van der Waals surface area contributed by atoms with Crippen molar-refractivity contribution in [3.05, 3.63) is 40.0 Å². The van der Waals surface area contributed by atoms with Crippen LogP contribution in [0.5, 0.6) is 0 Å². The molecule has 0 aromatic heterocycles. The fraction of sp³-hybridized carbons (Fsp3) is 0.444. The average molecular weight is 279 g/mol. The summed E-state index contributed by atoms with van der Waals surface area (Å²) in [5.41, 5.74) is 11.1. The van der Waals surface area contributed by atoms with Gasteiger partial charge in [-0.3, -0.25) is 0 Å². The summed E-state index contributed by atoms with van der Waals surface area (Å²) in [6.07, 6.45) is 5.94. The number of nitrogens with zero attached hydrogens (tertiary/aromatic N) is 2. The van der Waals surface area contributed by atoms with Gasteiger partial charge in [0.2, 0.25) is 0 Å². The van der Waals surface area contributed by atoms with Crippen molar-refractivity contribution in [3.8, 4) is 12.1 Å². The van der Waals surface area contributed by atoms with Crippen LogP contribution in [0.25, 0.3) is 5.70 Å². The largest absolute Gasteiger partial charge is 0.397 e. The molecule has 0 fully saturated rings. The van der Waals surface area contributed by atoms with Gasteiger partial charge < -0.3 is 5.73 Å². The van der Waals surface area contributed by atoms with Gasteiger partial charge in [0, 0.05) is 5.56 Å². The van der Waals surface area contributed by atoms with Crippen LogP contribution in [0.15, 0.2) is 17.7 Å². The molecule has 1 aromatic rings. The number of hydrogen-bond acceptors (Lipinski definition) is 3. The van der Waals surface area contributed by atoms with Gasteiger partial charge >= 0.3 is 0 Å². The summed E-state index contributed by atoms with van der Waals surface area (Å²) in [7, 11) is 0. The van der Waals surface area contributed by atoms with Crippen LogP contribution in [0.2, 0.25) is 0 Å². The van der Waals surface area contributed by atoms with E-state index in [2.05, 4.69) is 19.9 Å². The van der Waals surface area contributed by atoms with Gasteiger partial charge in [0.05, 0.1) is 5.70 Å². The molecule has 1 aliphatic carbocycles. The number of fused-ring (bicyclic) bond motifs is 1. The Morgan fingerprint density at radius 1 is 1.33 bits per heavy atom. The molecule has 1 unspecified atom stereocenters. The molecule has 0 saturated carbocycles. The highest BCUT2D eigenvalue weighted by atomic mass is 14.6. The van der Waals surface area contributed by atoms with Crippen LogP contribution in [0.3, 0.4) is 0 Å². The quantitative estimate of drug-likeness (QED) is 0.852. The van der Waals surface area contributed by atoms with Gasteiger partial charge in [0.1, 0.15) is 12.1 Å². The summed E-state index contributed by atoms with van der Waals surface area (Å²) in [5.74, 6) is 0.643. The normalized spacial score (nSPS) is 16.5. The van der Waals surface area contributed by atoms with E-state index in [1.54, 1.807) is 0 Å². The van der Waals surface area contributed by atoms with Gasteiger partial charge in [0.25, 0.3) is 0 Å². The number of allylic oxidation sites excluding steroid dienone is 1. The van der Waals surface area contributed by atoms with Crippen LogP contribution < -0.4 is 5.73 Å². The van der Waals surface area contributed by atoms with E-state index in [1.807, 2.05) is 18.2 Å². The van der Waals surface area contributed by atoms with Crippen LogP contribution in [-0.4, -0.2) is 0 Å². The molecule has 2 rings (SSSR count). The number of nitrogens with two attached hydrogens (primary N) is 1. The maximum absolute atomic E-state index is 8.97. The molecule has 0 saturated heterocycles. The van der Waals surface area contributed by atoms with Gasteiger partial charge in [-0.15, -0.1) is 0 Å². The first-order valence-corrected chi connectivity index (χ1v) is 7.56. The van der Waals surface area contributed by atoms with Gasteiger partial charge in [0.15, 0.2) is 5.57 Å². The molecular weight excluding hydrogens is 258 g/mol. The molecule has 0 radical (unpaired) electrons. The minimum atomic E-state index is -0.00438. The Morgan fingerprint density at radius 3 is 2.67 bits per heavy atom. The third-order valence-corrected chi connectivity index (χ3v) is 4.32. The fourth-order valence-corrected chi connectivity index (χ4v) is 3.43. The Bertz CT molecular complexity index is 640. The maximum Gasteiger partial charge on any atom is 0.153 e. The number of benzene rings is 1. The van der Waals surface area contributed by atoms with Crippen molar-refractivity contribution in [1.82, 2.24) is 0 Å². The van der Waals surface area contributed by atoms with Gasteiger partial charge in [-0.25, -0.2) is 0 Å². The van der Waals surface area contributed by atoms with E-state index >= 15 is 0 Å². The first-order valence-electron chi connectivity index (χ1n) is 7.56. The first-order chi connectivity index (χ1) is 10.1. The summed E-state index contributed by atoms with van der Waals surface area (Å²) in [6, 6.07) is 7.85. The van der Waals surface area contributed by atoms with Crippen molar-refractivity contribution in [2.24, 2.45) is 5.73 Å². The Hall–Kier alpha value is -2.26. The van der Waals surface area contributed by atoms with E-state index in [9.17, 15) is 0 Å². The zero-order valence-corrected chi connectivity index (χ0v) is 12.7.